The van der Waals surface area contributed by atoms with Crippen molar-refractivity contribution in [3.8, 4) is 22.9 Å². The zero-order valence-corrected chi connectivity index (χ0v) is 14.8. The zero-order chi connectivity index (χ0) is 17.4. The third-order valence-corrected chi connectivity index (χ3v) is 4.29. The monoisotopic (exact) mass is 396 g/mol. The molecule has 0 unspecified atom stereocenters. The fourth-order valence-electron chi connectivity index (χ4n) is 2.56. The van der Waals surface area contributed by atoms with E-state index in [0.717, 1.165) is 26.8 Å². The summed E-state index contributed by atoms with van der Waals surface area (Å²) in [6.07, 6.45) is 3.10. The molecule has 0 atom stereocenters. The van der Waals surface area contributed by atoms with Crippen molar-refractivity contribution in [2.75, 3.05) is 5.73 Å². The number of rotatable bonds is 3. The van der Waals surface area contributed by atoms with Crippen molar-refractivity contribution in [1.82, 2.24) is 24.9 Å². The fourth-order valence-corrected chi connectivity index (χ4v) is 3.17. The number of hydrogen-bond donors (Lipinski definition) is 2. The summed E-state index contributed by atoms with van der Waals surface area (Å²) in [5, 5.41) is 0.782. The van der Waals surface area contributed by atoms with Crippen molar-refractivity contribution >= 4 is 32.8 Å². The molecular formula is C17H13BrN6O. The van der Waals surface area contributed by atoms with Gasteiger partial charge in [-0.1, -0.05) is 12.1 Å². The smallest absolute Gasteiger partial charge is 0.322 e. The second-order valence-corrected chi connectivity index (χ2v) is 6.20. The van der Waals surface area contributed by atoms with Crippen LogP contribution in [0.4, 0.5) is 5.82 Å². The number of ether oxygens (including phenoxy) is 1. The van der Waals surface area contributed by atoms with Gasteiger partial charge >= 0.3 is 6.01 Å². The molecule has 8 heteroatoms. The van der Waals surface area contributed by atoms with Crippen molar-refractivity contribution < 1.29 is 4.74 Å². The minimum absolute atomic E-state index is 0.318. The average molecular weight is 397 g/mol. The number of anilines is 1. The third kappa shape index (κ3) is 2.91. The average Bonchev–Trinajstić information content (AvgIpc) is 2.93. The number of hydrogen-bond acceptors (Lipinski definition) is 6. The van der Waals surface area contributed by atoms with Crippen LogP contribution in [0.2, 0.25) is 0 Å². The largest absolute Gasteiger partial charge is 0.424 e. The topological polar surface area (TPSA) is 103 Å². The number of nitrogens with one attached hydrogen (secondary N) is 1. The summed E-state index contributed by atoms with van der Waals surface area (Å²) in [4.78, 5) is 19.8. The Morgan fingerprint density at radius 1 is 1.08 bits per heavy atom. The molecule has 0 spiro atoms. The Morgan fingerprint density at radius 3 is 2.64 bits per heavy atom. The maximum atomic E-state index is 6.02. The number of nitrogens with two attached hydrogens (primary N) is 1. The van der Waals surface area contributed by atoms with Gasteiger partial charge in [0.15, 0.2) is 0 Å². The van der Waals surface area contributed by atoms with Crippen molar-refractivity contribution in [2.24, 2.45) is 0 Å². The highest BCUT2D eigenvalue weighted by Gasteiger charge is 2.16. The highest BCUT2D eigenvalue weighted by Crippen LogP contribution is 2.37. The first kappa shape index (κ1) is 15.5. The second kappa shape index (κ2) is 6.14. The Labute approximate surface area is 151 Å². The number of nitrogen functional groups attached to an aromatic ring is 1. The Kier molecular flexibility index (Phi) is 3.81. The highest BCUT2D eigenvalue weighted by atomic mass is 79.9. The SMILES string of the molecule is Cc1ccnc(Oc2ccc(-c3c(Br)[nH]c4ncnc(N)c34)cc2)n1. The van der Waals surface area contributed by atoms with E-state index < -0.39 is 0 Å². The van der Waals surface area contributed by atoms with Crippen molar-refractivity contribution in [1.29, 1.82) is 0 Å². The van der Waals surface area contributed by atoms with Crippen LogP contribution >= 0.6 is 15.9 Å². The number of fused-ring (bicyclic) bond motifs is 1. The fraction of sp³-hybridized carbons (Fsp3) is 0.0588. The molecule has 0 saturated carbocycles. The minimum Gasteiger partial charge on any atom is -0.424 e. The quantitative estimate of drug-likeness (QED) is 0.544. The maximum Gasteiger partial charge on any atom is 0.322 e. The lowest BCUT2D eigenvalue weighted by atomic mass is 10.1. The van der Waals surface area contributed by atoms with Gasteiger partial charge in [-0.2, -0.15) is 0 Å². The van der Waals surface area contributed by atoms with E-state index in [-0.39, 0.29) is 0 Å². The van der Waals surface area contributed by atoms with Crippen LogP contribution in [0.25, 0.3) is 22.2 Å². The Balaban J connectivity index is 1.70. The van der Waals surface area contributed by atoms with Gasteiger partial charge in [-0.05, 0) is 46.6 Å². The summed E-state index contributed by atoms with van der Waals surface area (Å²) in [5.74, 6) is 1.07. The molecule has 25 heavy (non-hydrogen) atoms. The number of nitrogens with zero attached hydrogens (tertiary/aromatic N) is 4. The van der Waals surface area contributed by atoms with Crippen molar-refractivity contribution in [2.45, 2.75) is 6.92 Å². The molecule has 0 saturated heterocycles. The molecule has 0 radical (unpaired) electrons. The first-order valence-corrected chi connectivity index (χ1v) is 8.26. The second-order valence-electron chi connectivity index (χ2n) is 5.40. The molecule has 0 fully saturated rings. The molecule has 4 aromatic rings. The molecule has 4 rings (SSSR count). The molecule has 0 bridgehead atoms. The summed E-state index contributed by atoms with van der Waals surface area (Å²) in [7, 11) is 0. The van der Waals surface area contributed by atoms with Crippen LogP contribution in [0.3, 0.4) is 0 Å². The summed E-state index contributed by atoms with van der Waals surface area (Å²) < 4.78 is 6.48. The molecule has 0 amide bonds. The summed E-state index contributed by atoms with van der Waals surface area (Å²) in [6.45, 7) is 1.89. The van der Waals surface area contributed by atoms with Crippen molar-refractivity contribution in [3.05, 3.63) is 53.2 Å². The zero-order valence-electron chi connectivity index (χ0n) is 13.2. The van der Waals surface area contributed by atoms with E-state index in [1.807, 2.05) is 37.3 Å². The van der Waals surface area contributed by atoms with E-state index in [1.54, 1.807) is 6.20 Å². The highest BCUT2D eigenvalue weighted by molar-refractivity contribution is 9.10. The van der Waals surface area contributed by atoms with Gasteiger partial charge < -0.3 is 15.5 Å². The van der Waals surface area contributed by atoms with Gasteiger partial charge in [0.05, 0.1) is 9.99 Å². The van der Waals surface area contributed by atoms with Crippen LogP contribution in [-0.4, -0.2) is 24.9 Å². The van der Waals surface area contributed by atoms with E-state index in [4.69, 9.17) is 10.5 Å². The number of aromatic amines is 1. The lowest BCUT2D eigenvalue weighted by molar-refractivity contribution is 0.440. The molecule has 7 nitrogen and oxygen atoms in total. The van der Waals surface area contributed by atoms with E-state index >= 15 is 0 Å². The Bertz CT molecular complexity index is 1060. The minimum atomic E-state index is 0.318. The summed E-state index contributed by atoms with van der Waals surface area (Å²) in [5.41, 5.74) is 9.42. The maximum absolute atomic E-state index is 6.02. The van der Waals surface area contributed by atoms with Gasteiger partial charge in [-0.15, -0.1) is 0 Å². The van der Waals surface area contributed by atoms with Crippen LogP contribution in [-0.2, 0) is 0 Å². The van der Waals surface area contributed by atoms with E-state index in [1.165, 1.54) is 6.33 Å². The molecule has 124 valence electrons. The molecule has 3 aromatic heterocycles. The molecule has 1 aromatic carbocycles. The first-order chi connectivity index (χ1) is 12.1. The van der Waals surface area contributed by atoms with Gasteiger partial charge in [0.1, 0.15) is 23.5 Å². The first-order valence-electron chi connectivity index (χ1n) is 7.47. The van der Waals surface area contributed by atoms with Gasteiger partial charge in [0, 0.05) is 17.5 Å². The Hall–Kier alpha value is -3.00. The Morgan fingerprint density at radius 2 is 1.88 bits per heavy atom. The predicted octanol–water partition coefficient (Wildman–Crippen LogP) is 3.86. The van der Waals surface area contributed by atoms with Crippen LogP contribution in [0.15, 0.2) is 47.5 Å². The van der Waals surface area contributed by atoms with Crippen LogP contribution in [0, 0.1) is 6.92 Å². The van der Waals surface area contributed by atoms with Crippen LogP contribution in [0.5, 0.6) is 11.8 Å². The molecule has 3 heterocycles. The van der Waals surface area contributed by atoms with E-state index in [2.05, 4.69) is 40.8 Å². The van der Waals surface area contributed by atoms with Crippen LogP contribution < -0.4 is 10.5 Å². The lowest BCUT2D eigenvalue weighted by Gasteiger charge is -2.06. The van der Waals surface area contributed by atoms with E-state index in [0.29, 0.717) is 23.2 Å². The predicted molar refractivity (Wildman–Crippen MR) is 98.3 cm³/mol. The number of H-pyrrole nitrogens is 1. The third-order valence-electron chi connectivity index (χ3n) is 3.70. The molecular weight excluding hydrogens is 384 g/mol. The molecule has 3 N–H and O–H groups in total. The van der Waals surface area contributed by atoms with Gasteiger partial charge in [0.25, 0.3) is 0 Å². The van der Waals surface area contributed by atoms with Gasteiger partial charge in [-0.25, -0.2) is 19.9 Å². The number of aromatic nitrogens is 5. The molecule has 0 aliphatic rings. The standard InChI is InChI=1S/C17H13BrN6O/c1-9-6-7-20-17(23-9)25-11-4-2-10(3-5-11)12-13-15(19)21-8-22-16(13)24-14(12)18/h2-8H,1H3,(H3,19,21,22,24). The summed E-state index contributed by atoms with van der Waals surface area (Å²) >= 11 is 3.53. The lowest BCUT2D eigenvalue weighted by Crippen LogP contribution is -1.93. The van der Waals surface area contributed by atoms with Crippen LogP contribution in [0.1, 0.15) is 5.69 Å². The van der Waals surface area contributed by atoms with E-state index in [9.17, 15) is 0 Å². The number of halogens is 1. The summed E-state index contributed by atoms with van der Waals surface area (Å²) in [6, 6.07) is 9.71. The van der Waals surface area contributed by atoms with Gasteiger partial charge in [0.2, 0.25) is 0 Å². The molecule has 0 aliphatic carbocycles. The van der Waals surface area contributed by atoms with Gasteiger partial charge in [-0.3, -0.25) is 0 Å². The number of benzene rings is 1. The van der Waals surface area contributed by atoms with Crippen molar-refractivity contribution in [3.63, 3.8) is 0 Å². The number of aryl methyl sites for hydroxylation is 1. The molecule has 0 aliphatic heterocycles. The normalized spacial score (nSPS) is 11.0.